The van der Waals surface area contributed by atoms with Gasteiger partial charge in [0.15, 0.2) is 0 Å². The fraction of sp³-hybridized carbons (Fsp3) is 0.375. The molecule has 0 heterocycles. The molecule has 0 aliphatic heterocycles. The van der Waals surface area contributed by atoms with Crippen molar-refractivity contribution in [3.8, 4) is 6.07 Å². The van der Waals surface area contributed by atoms with E-state index < -0.39 is 17.8 Å². The number of anilines is 2. The molecule has 6 nitrogen and oxygen atoms in total. The molecular formula is C16H18FN5OS. The number of hydrogen-bond acceptors (Lipinski definition) is 5. The summed E-state index contributed by atoms with van der Waals surface area (Å²) in [6, 6.07) is 3.74. The Kier molecular flexibility index (Phi) is 5.46. The van der Waals surface area contributed by atoms with E-state index in [0.29, 0.717) is 16.4 Å². The summed E-state index contributed by atoms with van der Waals surface area (Å²) in [7, 11) is 0. The zero-order chi connectivity index (χ0) is 17.9. The monoisotopic (exact) mass is 347 g/mol. The van der Waals surface area contributed by atoms with Crippen LogP contribution in [0, 0.1) is 28.5 Å². The quantitative estimate of drug-likeness (QED) is 0.447. The molecule has 8 heteroatoms. The van der Waals surface area contributed by atoms with Gasteiger partial charge in [0.1, 0.15) is 17.9 Å². The molecule has 0 saturated heterocycles. The second-order valence-electron chi connectivity index (χ2n) is 5.86. The van der Waals surface area contributed by atoms with E-state index >= 15 is 0 Å². The topological polar surface area (TPSA) is 115 Å². The van der Waals surface area contributed by atoms with Crippen LogP contribution in [0.1, 0.15) is 31.7 Å². The maximum Gasteiger partial charge on any atom is 0.240 e. The van der Waals surface area contributed by atoms with Crippen LogP contribution in [-0.2, 0) is 4.79 Å². The minimum atomic E-state index is -0.643. The molecule has 1 aliphatic rings. The number of nitrogens with zero attached hydrogens (tertiary/aromatic N) is 1. The van der Waals surface area contributed by atoms with Gasteiger partial charge in [0, 0.05) is 12.1 Å². The third-order valence-electron chi connectivity index (χ3n) is 3.64. The highest BCUT2D eigenvalue weighted by Crippen LogP contribution is 2.35. The van der Waals surface area contributed by atoms with Gasteiger partial charge in [0.25, 0.3) is 0 Å². The number of carbonyl (C=O) groups excluding carboxylic acids is 1. The number of benzene rings is 1. The number of amides is 1. The normalized spacial score (nSPS) is 14.4. The van der Waals surface area contributed by atoms with E-state index in [2.05, 4.69) is 10.6 Å². The van der Waals surface area contributed by atoms with Crippen molar-refractivity contribution in [1.82, 2.24) is 0 Å². The van der Waals surface area contributed by atoms with E-state index in [1.807, 2.05) is 6.07 Å². The standard InChI is InChI=1S/C16H18FN5OS/c1-8(19)4-14(24)21-12-6-13(11(17)5-10(12)7-18)22-15(16(20)23)9-2-3-9/h5-6,9,15,19,22H,2-4H2,1H3,(H2,20,23)(H,21,24). The van der Waals surface area contributed by atoms with Crippen molar-refractivity contribution in [3.05, 3.63) is 23.5 Å². The third-order valence-corrected chi connectivity index (χ3v) is 3.88. The van der Waals surface area contributed by atoms with Gasteiger partial charge in [-0.15, -0.1) is 0 Å². The molecule has 1 aromatic rings. The smallest absolute Gasteiger partial charge is 0.240 e. The van der Waals surface area contributed by atoms with Crippen molar-refractivity contribution in [2.24, 2.45) is 11.7 Å². The predicted molar refractivity (Wildman–Crippen MR) is 94.7 cm³/mol. The van der Waals surface area contributed by atoms with Crippen LogP contribution in [0.15, 0.2) is 12.1 Å². The second kappa shape index (κ2) is 7.36. The number of halogens is 1. The number of hydrogen-bond donors (Lipinski definition) is 4. The number of thiocarbonyl (C=S) groups is 1. The Labute approximate surface area is 144 Å². The predicted octanol–water partition coefficient (Wildman–Crippen LogP) is 2.54. The van der Waals surface area contributed by atoms with Gasteiger partial charge in [0.05, 0.1) is 21.9 Å². The van der Waals surface area contributed by atoms with Crippen molar-refractivity contribution < 1.29 is 9.18 Å². The van der Waals surface area contributed by atoms with Crippen LogP contribution in [0.5, 0.6) is 0 Å². The Hall–Kier alpha value is -2.53. The van der Waals surface area contributed by atoms with Crippen LogP contribution in [-0.4, -0.2) is 22.6 Å². The minimum absolute atomic E-state index is 0.0848. The van der Waals surface area contributed by atoms with Crippen molar-refractivity contribution in [2.75, 3.05) is 10.6 Å². The lowest BCUT2D eigenvalue weighted by Gasteiger charge is -2.18. The molecule has 1 amide bonds. The molecule has 0 aromatic heterocycles. The Morgan fingerprint density at radius 3 is 2.71 bits per heavy atom. The fourth-order valence-corrected chi connectivity index (χ4v) is 2.66. The number of carbonyl (C=O) groups is 1. The number of rotatable bonds is 7. The van der Waals surface area contributed by atoms with Gasteiger partial charge in [-0.25, -0.2) is 4.39 Å². The third kappa shape index (κ3) is 4.49. The first-order valence-corrected chi connectivity index (χ1v) is 7.86. The maximum absolute atomic E-state index is 14.2. The Morgan fingerprint density at radius 2 is 2.21 bits per heavy atom. The van der Waals surface area contributed by atoms with E-state index in [4.69, 9.17) is 28.6 Å². The van der Waals surface area contributed by atoms with Gasteiger partial charge >= 0.3 is 0 Å². The van der Waals surface area contributed by atoms with Gasteiger partial charge in [-0.2, -0.15) is 5.26 Å². The molecule has 0 bridgehead atoms. The zero-order valence-corrected chi connectivity index (χ0v) is 14.0. The highest BCUT2D eigenvalue weighted by atomic mass is 32.1. The summed E-state index contributed by atoms with van der Waals surface area (Å²) in [6.07, 6.45) is 1.98. The largest absolute Gasteiger partial charge is 0.371 e. The molecule has 0 spiro atoms. The van der Waals surface area contributed by atoms with Crippen LogP contribution < -0.4 is 16.4 Å². The zero-order valence-electron chi connectivity index (χ0n) is 13.1. The fourth-order valence-electron chi connectivity index (χ4n) is 2.33. The molecule has 1 atom stereocenters. The van der Waals surface area contributed by atoms with Crippen molar-refractivity contribution in [2.45, 2.75) is 32.2 Å². The molecule has 2 rings (SSSR count). The number of primary amides is 1. The van der Waals surface area contributed by atoms with Crippen LogP contribution >= 0.6 is 12.2 Å². The van der Waals surface area contributed by atoms with E-state index in [9.17, 15) is 9.18 Å². The van der Waals surface area contributed by atoms with Gasteiger partial charge in [-0.3, -0.25) is 4.79 Å². The molecule has 1 aliphatic carbocycles. The first-order valence-electron chi connectivity index (χ1n) is 7.45. The van der Waals surface area contributed by atoms with Gasteiger partial charge in [-0.1, -0.05) is 12.2 Å². The number of nitrogens with one attached hydrogen (secondary N) is 3. The van der Waals surface area contributed by atoms with Crippen molar-refractivity contribution in [1.29, 1.82) is 10.7 Å². The highest BCUT2D eigenvalue weighted by molar-refractivity contribution is 7.80. The average Bonchev–Trinajstić information content (AvgIpc) is 3.30. The summed E-state index contributed by atoms with van der Waals surface area (Å²) in [4.78, 5) is 11.9. The summed E-state index contributed by atoms with van der Waals surface area (Å²) in [5.74, 6) is -1.07. The SMILES string of the molecule is CC(=N)CC(=S)Nc1cc(NC(C(N)=O)C2CC2)c(F)cc1C#N. The van der Waals surface area contributed by atoms with E-state index in [-0.39, 0.29) is 23.6 Å². The maximum atomic E-state index is 14.2. The second-order valence-corrected chi connectivity index (χ2v) is 6.35. The van der Waals surface area contributed by atoms with Crippen LogP contribution in [0.4, 0.5) is 15.8 Å². The van der Waals surface area contributed by atoms with E-state index in [1.54, 1.807) is 6.92 Å². The van der Waals surface area contributed by atoms with Crippen LogP contribution in [0.3, 0.4) is 0 Å². The molecular weight excluding hydrogens is 329 g/mol. The molecule has 1 fully saturated rings. The Morgan fingerprint density at radius 1 is 1.54 bits per heavy atom. The first-order chi connectivity index (χ1) is 11.3. The summed E-state index contributed by atoms with van der Waals surface area (Å²) >= 11 is 5.13. The van der Waals surface area contributed by atoms with Crippen molar-refractivity contribution >= 4 is 40.2 Å². The molecule has 5 N–H and O–H groups in total. The summed E-state index contributed by atoms with van der Waals surface area (Å²) in [5.41, 5.74) is 6.24. The number of nitriles is 1. The molecule has 126 valence electrons. The van der Waals surface area contributed by atoms with Gasteiger partial charge in [0.2, 0.25) is 5.91 Å². The lowest BCUT2D eigenvalue weighted by atomic mass is 10.1. The summed E-state index contributed by atoms with van der Waals surface area (Å²) in [6.45, 7) is 1.62. The van der Waals surface area contributed by atoms with Crippen LogP contribution in [0.25, 0.3) is 0 Å². The van der Waals surface area contributed by atoms with Crippen molar-refractivity contribution in [3.63, 3.8) is 0 Å². The molecule has 1 aromatic carbocycles. The molecule has 0 radical (unpaired) electrons. The van der Waals surface area contributed by atoms with Crippen LogP contribution in [0.2, 0.25) is 0 Å². The lowest BCUT2D eigenvalue weighted by Crippen LogP contribution is -2.37. The molecule has 1 saturated carbocycles. The Bertz CT molecular complexity index is 739. The Balaban J connectivity index is 2.27. The first kappa shape index (κ1) is 17.8. The summed E-state index contributed by atoms with van der Waals surface area (Å²) < 4.78 is 14.2. The van der Waals surface area contributed by atoms with E-state index in [1.165, 1.54) is 6.07 Å². The van der Waals surface area contributed by atoms with Gasteiger partial charge < -0.3 is 21.8 Å². The number of nitrogens with two attached hydrogens (primary N) is 1. The average molecular weight is 347 g/mol. The van der Waals surface area contributed by atoms with Gasteiger partial charge in [-0.05, 0) is 37.8 Å². The highest BCUT2D eigenvalue weighted by Gasteiger charge is 2.35. The molecule has 1 unspecified atom stereocenters. The minimum Gasteiger partial charge on any atom is -0.371 e. The lowest BCUT2D eigenvalue weighted by molar-refractivity contribution is -0.119. The summed E-state index contributed by atoms with van der Waals surface area (Å²) in [5, 5.41) is 22.3. The van der Waals surface area contributed by atoms with E-state index in [0.717, 1.165) is 18.9 Å². The molecule has 24 heavy (non-hydrogen) atoms.